The van der Waals surface area contributed by atoms with Crippen LogP contribution in [0.25, 0.3) is 0 Å². The molecule has 0 saturated carbocycles. The van der Waals surface area contributed by atoms with E-state index in [4.69, 9.17) is 23.2 Å². The van der Waals surface area contributed by atoms with Crippen molar-refractivity contribution in [2.75, 3.05) is 4.31 Å². The molecule has 0 N–H and O–H groups in total. The zero-order chi connectivity index (χ0) is 23.9. The molecule has 0 spiro atoms. The van der Waals surface area contributed by atoms with E-state index in [2.05, 4.69) is 6.58 Å². The maximum atomic E-state index is 13.9. The van der Waals surface area contributed by atoms with Crippen LogP contribution in [0.3, 0.4) is 0 Å². The van der Waals surface area contributed by atoms with Crippen molar-refractivity contribution in [2.24, 2.45) is 0 Å². The molecule has 1 atom stereocenters. The van der Waals surface area contributed by atoms with Crippen molar-refractivity contribution in [3.63, 3.8) is 0 Å². The number of amides is 2. The van der Waals surface area contributed by atoms with E-state index in [-0.39, 0.29) is 26.7 Å². The van der Waals surface area contributed by atoms with Crippen LogP contribution in [0.2, 0.25) is 5.02 Å². The molecule has 1 aliphatic rings. The first-order valence-electron chi connectivity index (χ1n) is 9.81. The monoisotopic (exact) mass is 500 g/mol. The average molecular weight is 501 g/mol. The molecular formula is C24H18Cl2N2O4S. The SMILES string of the molecule is C=C(Cl)C(N1C(=O)c2ccccc2C1=O)N(c1ccc(Cl)cc1)S(=O)(=O)c1ccc(C)cc1. The molecule has 0 aliphatic carbocycles. The number of carbonyl (C=O) groups excluding carboxylic acids is 2. The highest BCUT2D eigenvalue weighted by Gasteiger charge is 2.46. The number of carbonyl (C=O) groups is 2. The molecule has 6 nitrogen and oxygen atoms in total. The molecule has 33 heavy (non-hydrogen) atoms. The minimum Gasteiger partial charge on any atom is -0.268 e. The fourth-order valence-electron chi connectivity index (χ4n) is 3.63. The number of rotatable bonds is 6. The number of aryl methyl sites for hydroxylation is 1. The first kappa shape index (κ1) is 23.0. The van der Waals surface area contributed by atoms with Crippen LogP contribution in [-0.2, 0) is 10.0 Å². The van der Waals surface area contributed by atoms with Gasteiger partial charge in [0.15, 0.2) is 6.17 Å². The molecule has 1 aliphatic heterocycles. The first-order chi connectivity index (χ1) is 15.6. The van der Waals surface area contributed by atoms with Gasteiger partial charge in [-0.1, -0.05) is 59.6 Å². The summed E-state index contributed by atoms with van der Waals surface area (Å²) in [5.74, 6) is -1.33. The molecule has 0 fully saturated rings. The molecule has 0 radical (unpaired) electrons. The second kappa shape index (κ2) is 8.67. The Morgan fingerprint density at radius 1 is 0.909 bits per heavy atom. The number of halogens is 2. The molecule has 2 amide bonds. The number of fused-ring (bicyclic) bond motifs is 1. The predicted octanol–water partition coefficient (Wildman–Crippen LogP) is 5.22. The molecule has 1 heterocycles. The van der Waals surface area contributed by atoms with Crippen molar-refractivity contribution in [1.82, 2.24) is 4.90 Å². The van der Waals surface area contributed by atoms with Crippen LogP contribution in [0.5, 0.6) is 0 Å². The van der Waals surface area contributed by atoms with E-state index in [1.807, 2.05) is 6.92 Å². The number of benzene rings is 3. The number of sulfonamides is 1. The van der Waals surface area contributed by atoms with Gasteiger partial charge in [-0.2, -0.15) is 0 Å². The van der Waals surface area contributed by atoms with E-state index < -0.39 is 28.0 Å². The summed E-state index contributed by atoms with van der Waals surface area (Å²) in [6.45, 7) is 5.53. The zero-order valence-electron chi connectivity index (χ0n) is 17.4. The summed E-state index contributed by atoms with van der Waals surface area (Å²) >= 11 is 12.3. The standard InChI is InChI=1S/C24H18Cl2N2O4S/c1-15-7-13-19(14-8-15)33(31,32)28(18-11-9-17(26)10-12-18)22(16(2)25)27-23(29)20-5-3-4-6-21(20)24(27)30/h3-14,22H,2H2,1H3. The van der Waals surface area contributed by atoms with Crippen molar-refractivity contribution in [2.45, 2.75) is 18.0 Å². The summed E-state index contributed by atoms with van der Waals surface area (Å²) < 4.78 is 28.6. The van der Waals surface area contributed by atoms with Crippen molar-refractivity contribution < 1.29 is 18.0 Å². The molecule has 1 unspecified atom stereocenters. The topological polar surface area (TPSA) is 74.8 Å². The quantitative estimate of drug-likeness (QED) is 0.435. The highest BCUT2D eigenvalue weighted by Crippen LogP contribution is 2.36. The third-order valence-electron chi connectivity index (χ3n) is 5.23. The van der Waals surface area contributed by atoms with Crippen LogP contribution in [-0.4, -0.2) is 31.3 Å². The van der Waals surface area contributed by atoms with E-state index in [0.29, 0.717) is 5.02 Å². The van der Waals surface area contributed by atoms with Gasteiger partial charge in [-0.25, -0.2) is 17.6 Å². The minimum atomic E-state index is -4.30. The first-order valence-corrected chi connectivity index (χ1v) is 12.0. The Hall–Kier alpha value is -3.13. The lowest BCUT2D eigenvalue weighted by molar-refractivity contribution is 0.0619. The number of anilines is 1. The summed E-state index contributed by atoms with van der Waals surface area (Å²) in [6.07, 6.45) is -1.52. The number of hydrogen-bond donors (Lipinski definition) is 0. The van der Waals surface area contributed by atoms with Crippen LogP contribution >= 0.6 is 23.2 Å². The molecule has 0 aromatic heterocycles. The molecule has 0 saturated heterocycles. The Morgan fingerprint density at radius 2 is 1.42 bits per heavy atom. The van der Waals surface area contributed by atoms with E-state index >= 15 is 0 Å². The molecule has 3 aromatic carbocycles. The van der Waals surface area contributed by atoms with Crippen molar-refractivity contribution in [3.05, 3.63) is 106 Å². The van der Waals surface area contributed by atoms with Crippen molar-refractivity contribution >= 4 is 50.7 Å². The predicted molar refractivity (Wildman–Crippen MR) is 128 cm³/mol. The second-order valence-electron chi connectivity index (χ2n) is 7.44. The maximum absolute atomic E-state index is 13.9. The van der Waals surface area contributed by atoms with Crippen LogP contribution in [0, 0.1) is 6.92 Å². The van der Waals surface area contributed by atoms with Crippen molar-refractivity contribution in [1.29, 1.82) is 0 Å². The van der Waals surface area contributed by atoms with Crippen LogP contribution in [0.1, 0.15) is 26.3 Å². The second-order valence-corrected chi connectivity index (χ2v) is 10.2. The summed E-state index contributed by atoms with van der Waals surface area (Å²) in [5, 5.41) is 0.156. The van der Waals surface area contributed by atoms with Gasteiger partial charge in [0.25, 0.3) is 21.8 Å². The lowest BCUT2D eigenvalue weighted by atomic mass is 10.1. The third-order valence-corrected chi connectivity index (χ3v) is 7.47. The Balaban J connectivity index is 1.93. The fraction of sp³-hybridized carbons (Fsp3) is 0.0833. The van der Waals surface area contributed by atoms with Gasteiger partial charge in [0.2, 0.25) is 0 Å². The van der Waals surface area contributed by atoms with Gasteiger partial charge in [0.1, 0.15) is 0 Å². The Morgan fingerprint density at radius 3 is 1.91 bits per heavy atom. The lowest BCUT2D eigenvalue weighted by Gasteiger charge is -2.36. The molecule has 9 heteroatoms. The maximum Gasteiger partial charge on any atom is 0.266 e. The Bertz CT molecular complexity index is 1340. The van der Waals surface area contributed by atoms with E-state index in [1.165, 1.54) is 48.5 Å². The molecule has 4 rings (SSSR count). The van der Waals surface area contributed by atoms with Gasteiger partial charge in [-0.15, -0.1) is 0 Å². The minimum absolute atomic E-state index is 0.0393. The number of hydrogen-bond acceptors (Lipinski definition) is 4. The zero-order valence-corrected chi connectivity index (χ0v) is 19.7. The summed E-state index contributed by atoms with van der Waals surface area (Å²) in [4.78, 5) is 27.2. The van der Waals surface area contributed by atoms with Gasteiger partial charge in [-0.05, 0) is 55.5 Å². The summed E-state index contributed by atoms with van der Waals surface area (Å²) in [5.41, 5.74) is 1.34. The highest BCUT2D eigenvalue weighted by atomic mass is 35.5. The fourth-order valence-corrected chi connectivity index (χ4v) is 5.60. The van der Waals surface area contributed by atoms with E-state index in [0.717, 1.165) is 14.8 Å². The van der Waals surface area contributed by atoms with Gasteiger partial charge in [0, 0.05) is 5.02 Å². The average Bonchev–Trinajstić information content (AvgIpc) is 3.03. The lowest BCUT2D eigenvalue weighted by Crippen LogP contribution is -2.53. The van der Waals surface area contributed by atoms with Gasteiger partial charge in [0.05, 0.1) is 26.7 Å². The Labute approximate surface area is 201 Å². The van der Waals surface area contributed by atoms with Gasteiger partial charge in [-0.3, -0.25) is 9.59 Å². The van der Waals surface area contributed by atoms with Gasteiger partial charge < -0.3 is 0 Å². The number of nitrogens with zero attached hydrogens (tertiary/aromatic N) is 2. The molecular weight excluding hydrogens is 483 g/mol. The van der Waals surface area contributed by atoms with E-state index in [9.17, 15) is 18.0 Å². The van der Waals surface area contributed by atoms with Crippen LogP contribution in [0.4, 0.5) is 5.69 Å². The third kappa shape index (κ3) is 4.04. The summed E-state index contributed by atoms with van der Waals surface area (Å²) in [6, 6.07) is 18.4. The number of imide groups is 1. The molecule has 3 aromatic rings. The van der Waals surface area contributed by atoms with Crippen LogP contribution in [0.15, 0.2) is 89.3 Å². The normalized spacial score (nSPS) is 14.2. The molecule has 168 valence electrons. The Kier molecular flexibility index (Phi) is 6.05. The summed E-state index contributed by atoms with van der Waals surface area (Å²) in [7, 11) is -4.30. The smallest absolute Gasteiger partial charge is 0.266 e. The largest absolute Gasteiger partial charge is 0.268 e. The van der Waals surface area contributed by atoms with Gasteiger partial charge >= 0.3 is 0 Å². The highest BCUT2D eigenvalue weighted by molar-refractivity contribution is 7.92. The van der Waals surface area contributed by atoms with Crippen LogP contribution < -0.4 is 4.31 Å². The molecule has 0 bridgehead atoms. The van der Waals surface area contributed by atoms with Crippen molar-refractivity contribution in [3.8, 4) is 0 Å². The van der Waals surface area contributed by atoms with E-state index in [1.54, 1.807) is 24.3 Å².